The zero-order valence-corrected chi connectivity index (χ0v) is 14.0. The summed E-state index contributed by atoms with van der Waals surface area (Å²) in [6.07, 6.45) is 4.00. The predicted molar refractivity (Wildman–Crippen MR) is 93.6 cm³/mol. The van der Waals surface area contributed by atoms with Gasteiger partial charge in [0.05, 0.1) is 16.8 Å². The number of hydrogen-bond donors (Lipinski definition) is 1. The molecule has 5 nitrogen and oxygen atoms in total. The van der Waals surface area contributed by atoms with Crippen LogP contribution in [0.1, 0.15) is 21.1 Å². The van der Waals surface area contributed by atoms with Crippen molar-refractivity contribution in [2.24, 2.45) is 0 Å². The Morgan fingerprint density at radius 2 is 2.12 bits per heavy atom. The second kappa shape index (κ2) is 7.70. The Bertz CT molecular complexity index is 818. The fourth-order valence-corrected chi connectivity index (χ4v) is 2.95. The number of carbonyl (C=O) groups is 1. The van der Waals surface area contributed by atoms with E-state index in [0.717, 1.165) is 17.1 Å². The summed E-state index contributed by atoms with van der Waals surface area (Å²) in [7, 11) is 0. The molecule has 0 aliphatic heterocycles. The molecule has 0 saturated heterocycles. The van der Waals surface area contributed by atoms with Gasteiger partial charge in [-0.05, 0) is 31.2 Å². The maximum absolute atomic E-state index is 12.4. The number of benzene rings is 1. The normalized spacial score (nSPS) is 10.4. The summed E-state index contributed by atoms with van der Waals surface area (Å²) >= 11 is 1.61. The number of amides is 1. The van der Waals surface area contributed by atoms with Crippen LogP contribution in [0.2, 0.25) is 0 Å². The number of thiazole rings is 1. The lowest BCUT2D eigenvalue weighted by molar-refractivity contribution is 0.0952. The molecular weight excluding hydrogens is 322 g/mol. The average Bonchev–Trinajstić information content (AvgIpc) is 3.01. The van der Waals surface area contributed by atoms with E-state index in [9.17, 15) is 4.79 Å². The fraction of sp³-hybridized carbons (Fsp3) is 0.167. The zero-order chi connectivity index (χ0) is 16.8. The Morgan fingerprint density at radius 3 is 2.88 bits per heavy atom. The van der Waals surface area contributed by atoms with Gasteiger partial charge in [0.15, 0.2) is 0 Å². The van der Waals surface area contributed by atoms with E-state index in [4.69, 9.17) is 4.74 Å². The molecule has 0 saturated carbocycles. The van der Waals surface area contributed by atoms with Crippen LogP contribution >= 0.6 is 11.3 Å². The van der Waals surface area contributed by atoms with Crippen LogP contribution in [0.25, 0.3) is 0 Å². The van der Waals surface area contributed by atoms with Crippen molar-refractivity contribution < 1.29 is 9.53 Å². The van der Waals surface area contributed by atoms with Gasteiger partial charge in [-0.2, -0.15) is 0 Å². The molecule has 2 aromatic heterocycles. The largest absolute Gasteiger partial charge is 0.455 e. The lowest BCUT2D eigenvalue weighted by Gasteiger charge is -2.10. The molecule has 0 radical (unpaired) electrons. The number of rotatable bonds is 6. The van der Waals surface area contributed by atoms with Gasteiger partial charge in [-0.15, -0.1) is 11.3 Å². The van der Waals surface area contributed by atoms with Gasteiger partial charge in [0.2, 0.25) is 0 Å². The zero-order valence-electron chi connectivity index (χ0n) is 13.2. The van der Waals surface area contributed by atoms with E-state index in [1.165, 1.54) is 0 Å². The van der Waals surface area contributed by atoms with Crippen LogP contribution in [0.4, 0.5) is 0 Å². The van der Waals surface area contributed by atoms with E-state index in [0.29, 0.717) is 23.6 Å². The average molecular weight is 339 g/mol. The van der Waals surface area contributed by atoms with Crippen LogP contribution in [0, 0.1) is 6.92 Å². The highest BCUT2D eigenvalue weighted by molar-refractivity contribution is 7.09. The van der Waals surface area contributed by atoms with E-state index in [2.05, 4.69) is 15.3 Å². The molecule has 1 aromatic carbocycles. The number of pyridine rings is 1. The lowest BCUT2D eigenvalue weighted by Crippen LogP contribution is -2.26. The van der Waals surface area contributed by atoms with Crippen LogP contribution in [0.15, 0.2) is 54.2 Å². The molecule has 0 bridgehead atoms. The third-order valence-electron chi connectivity index (χ3n) is 3.28. The first kappa shape index (κ1) is 16.1. The molecule has 3 rings (SSSR count). The highest BCUT2D eigenvalue weighted by Crippen LogP contribution is 2.24. The number of aryl methyl sites for hydroxylation is 1. The molecule has 1 N–H and O–H groups in total. The van der Waals surface area contributed by atoms with Crippen molar-refractivity contribution in [2.45, 2.75) is 13.3 Å². The second-order valence-electron chi connectivity index (χ2n) is 5.18. The van der Waals surface area contributed by atoms with Crippen molar-refractivity contribution >= 4 is 17.2 Å². The predicted octanol–water partition coefficient (Wildman–Crippen LogP) is 3.61. The number of nitrogens with zero attached hydrogens (tertiary/aromatic N) is 2. The van der Waals surface area contributed by atoms with E-state index in [-0.39, 0.29) is 5.91 Å². The van der Waals surface area contributed by atoms with Gasteiger partial charge in [0.1, 0.15) is 11.5 Å². The summed E-state index contributed by atoms with van der Waals surface area (Å²) in [5.41, 5.74) is 1.51. The molecule has 24 heavy (non-hydrogen) atoms. The second-order valence-corrected chi connectivity index (χ2v) is 6.12. The Hall–Kier alpha value is -2.73. The van der Waals surface area contributed by atoms with E-state index in [1.54, 1.807) is 48.0 Å². The van der Waals surface area contributed by atoms with Crippen LogP contribution in [0.5, 0.6) is 11.5 Å². The molecule has 0 unspecified atom stereocenters. The summed E-state index contributed by atoms with van der Waals surface area (Å²) in [4.78, 5) is 20.8. The quantitative estimate of drug-likeness (QED) is 0.745. The van der Waals surface area contributed by atoms with Crippen molar-refractivity contribution in [3.05, 3.63) is 70.4 Å². The Morgan fingerprint density at radius 1 is 1.25 bits per heavy atom. The minimum Gasteiger partial charge on any atom is -0.455 e. The van der Waals surface area contributed by atoms with Gasteiger partial charge in [-0.3, -0.25) is 9.78 Å². The highest BCUT2D eigenvalue weighted by atomic mass is 32.1. The third kappa shape index (κ3) is 4.17. The molecule has 0 fully saturated rings. The number of hydrogen-bond acceptors (Lipinski definition) is 5. The Balaban J connectivity index is 1.64. The Labute approximate surface area is 144 Å². The molecule has 0 aliphatic carbocycles. The molecule has 1 amide bonds. The molecule has 2 heterocycles. The van der Waals surface area contributed by atoms with Crippen molar-refractivity contribution in [1.29, 1.82) is 0 Å². The lowest BCUT2D eigenvalue weighted by atomic mass is 10.2. The molecule has 0 atom stereocenters. The molecule has 122 valence electrons. The van der Waals surface area contributed by atoms with Gasteiger partial charge in [-0.1, -0.05) is 12.1 Å². The number of nitrogens with one attached hydrogen (secondary N) is 1. The summed E-state index contributed by atoms with van der Waals surface area (Å²) in [5.74, 6) is 0.937. The van der Waals surface area contributed by atoms with Crippen molar-refractivity contribution in [2.75, 3.05) is 6.54 Å². The molecule has 0 spiro atoms. The number of para-hydroxylation sites is 1. The van der Waals surface area contributed by atoms with Gasteiger partial charge < -0.3 is 10.1 Å². The van der Waals surface area contributed by atoms with Gasteiger partial charge in [-0.25, -0.2) is 4.98 Å². The van der Waals surface area contributed by atoms with E-state index < -0.39 is 0 Å². The summed E-state index contributed by atoms with van der Waals surface area (Å²) in [6.45, 7) is 2.50. The minimum absolute atomic E-state index is 0.164. The first-order valence-corrected chi connectivity index (χ1v) is 8.46. The Kier molecular flexibility index (Phi) is 5.18. The standard InChI is InChI=1S/C18H17N3O2S/c1-13-12-24-17(21-13)8-10-20-18(22)15-6-2-3-7-16(15)23-14-5-4-9-19-11-14/h2-7,9,11-12H,8,10H2,1H3,(H,20,22). The van der Waals surface area contributed by atoms with E-state index in [1.807, 2.05) is 24.4 Å². The third-order valence-corrected chi connectivity index (χ3v) is 4.31. The molecule has 0 aliphatic rings. The summed E-state index contributed by atoms with van der Waals surface area (Å²) < 4.78 is 5.76. The summed E-state index contributed by atoms with van der Waals surface area (Å²) in [5, 5.41) is 5.94. The van der Waals surface area contributed by atoms with Gasteiger partial charge in [0.25, 0.3) is 5.91 Å². The first-order chi connectivity index (χ1) is 11.7. The summed E-state index contributed by atoms with van der Waals surface area (Å²) in [6, 6.07) is 10.7. The monoisotopic (exact) mass is 339 g/mol. The molecule has 3 aromatic rings. The minimum atomic E-state index is -0.164. The van der Waals surface area contributed by atoms with Crippen LogP contribution in [0.3, 0.4) is 0 Å². The van der Waals surface area contributed by atoms with Crippen molar-refractivity contribution in [1.82, 2.24) is 15.3 Å². The number of ether oxygens (including phenoxy) is 1. The van der Waals surface area contributed by atoms with Crippen LogP contribution < -0.4 is 10.1 Å². The molecular formula is C18H17N3O2S. The van der Waals surface area contributed by atoms with Crippen LogP contribution in [-0.2, 0) is 6.42 Å². The maximum atomic E-state index is 12.4. The van der Waals surface area contributed by atoms with Crippen molar-refractivity contribution in [3.8, 4) is 11.5 Å². The SMILES string of the molecule is Cc1csc(CCNC(=O)c2ccccc2Oc2cccnc2)n1. The molecule has 6 heteroatoms. The van der Waals surface area contributed by atoms with Gasteiger partial charge in [0, 0.05) is 30.2 Å². The maximum Gasteiger partial charge on any atom is 0.255 e. The number of aromatic nitrogens is 2. The van der Waals surface area contributed by atoms with Gasteiger partial charge >= 0.3 is 0 Å². The van der Waals surface area contributed by atoms with Crippen molar-refractivity contribution in [3.63, 3.8) is 0 Å². The topological polar surface area (TPSA) is 64.1 Å². The van der Waals surface area contributed by atoms with Crippen LogP contribution in [-0.4, -0.2) is 22.4 Å². The first-order valence-electron chi connectivity index (χ1n) is 7.58. The smallest absolute Gasteiger partial charge is 0.255 e. The fourth-order valence-electron chi connectivity index (χ4n) is 2.17. The van der Waals surface area contributed by atoms with E-state index >= 15 is 0 Å². The highest BCUT2D eigenvalue weighted by Gasteiger charge is 2.12. The number of carbonyl (C=O) groups excluding carboxylic acids is 1.